The van der Waals surface area contributed by atoms with Crippen LogP contribution in [0.2, 0.25) is 0 Å². The molecule has 0 bridgehead atoms. The molecule has 0 unspecified atom stereocenters. The van der Waals surface area contributed by atoms with Crippen LogP contribution >= 0.6 is 0 Å². The van der Waals surface area contributed by atoms with Crippen LogP contribution in [-0.2, 0) is 0 Å². The average Bonchev–Trinajstić information content (AvgIpc) is 2.91. The number of pyridine rings is 1. The number of nitrogen functional groups attached to an aromatic ring is 1. The monoisotopic (exact) mass is 486 g/mol. The van der Waals surface area contributed by atoms with Gasteiger partial charge in [-0.15, -0.1) is 0 Å². The number of nitrogens with two attached hydrogens (primary N) is 1. The van der Waals surface area contributed by atoms with Crippen LogP contribution in [0, 0.1) is 11.6 Å². The summed E-state index contributed by atoms with van der Waals surface area (Å²) < 4.78 is 33.8. The standard InChI is InChI=1S/C29H28F2N4O/c1-19(27-17-24(31)8-11-26(27)21-2-6-23(30)7-3-21)36-28-16-22(18-34-29(28)32)20-4-9-25(10-5-20)35-14-12-33-13-15-35/h2-11,16-19,33H,12-15H2,1H3,(H2,32,34)/t19-/m1/s1. The molecular formula is C29H28F2N4O. The van der Waals surface area contributed by atoms with Crippen molar-refractivity contribution in [3.63, 3.8) is 0 Å². The fourth-order valence-corrected chi connectivity index (χ4v) is 4.51. The van der Waals surface area contributed by atoms with Crippen molar-refractivity contribution in [2.45, 2.75) is 13.0 Å². The van der Waals surface area contributed by atoms with Gasteiger partial charge in [-0.25, -0.2) is 13.8 Å². The van der Waals surface area contributed by atoms with Gasteiger partial charge in [-0.2, -0.15) is 0 Å². The molecule has 7 heteroatoms. The zero-order valence-electron chi connectivity index (χ0n) is 20.0. The number of hydrogen-bond donors (Lipinski definition) is 2. The van der Waals surface area contributed by atoms with Crippen LogP contribution in [-0.4, -0.2) is 31.2 Å². The first-order valence-corrected chi connectivity index (χ1v) is 12.0. The van der Waals surface area contributed by atoms with Gasteiger partial charge in [0.1, 0.15) is 17.7 Å². The summed E-state index contributed by atoms with van der Waals surface area (Å²) in [5.41, 5.74) is 11.4. The molecule has 1 atom stereocenters. The molecule has 1 aliphatic heterocycles. The van der Waals surface area contributed by atoms with Gasteiger partial charge in [-0.3, -0.25) is 0 Å². The molecule has 36 heavy (non-hydrogen) atoms. The van der Waals surface area contributed by atoms with Crippen LogP contribution in [0.4, 0.5) is 20.3 Å². The first-order valence-electron chi connectivity index (χ1n) is 12.0. The largest absolute Gasteiger partial charge is 0.482 e. The van der Waals surface area contributed by atoms with Gasteiger partial charge in [0.2, 0.25) is 0 Å². The maximum absolute atomic E-state index is 14.2. The van der Waals surface area contributed by atoms with Crippen LogP contribution in [0.1, 0.15) is 18.6 Å². The van der Waals surface area contributed by atoms with Crippen molar-refractivity contribution in [1.82, 2.24) is 10.3 Å². The number of aromatic nitrogens is 1. The van der Waals surface area contributed by atoms with Crippen molar-refractivity contribution in [2.75, 3.05) is 36.8 Å². The number of hydrogen-bond acceptors (Lipinski definition) is 5. The van der Waals surface area contributed by atoms with E-state index in [0.717, 1.165) is 48.4 Å². The minimum absolute atomic E-state index is 0.253. The Labute approximate surface area is 209 Å². The Morgan fingerprint density at radius 3 is 2.25 bits per heavy atom. The Morgan fingerprint density at radius 1 is 0.861 bits per heavy atom. The highest BCUT2D eigenvalue weighted by molar-refractivity contribution is 5.70. The lowest BCUT2D eigenvalue weighted by Gasteiger charge is -2.29. The third kappa shape index (κ3) is 5.16. The molecule has 184 valence electrons. The summed E-state index contributed by atoms with van der Waals surface area (Å²) in [6.45, 7) is 5.76. The summed E-state index contributed by atoms with van der Waals surface area (Å²) in [7, 11) is 0. The summed E-state index contributed by atoms with van der Waals surface area (Å²) in [6.07, 6.45) is 1.19. The van der Waals surface area contributed by atoms with Crippen LogP contribution in [0.5, 0.6) is 5.75 Å². The molecule has 1 aliphatic rings. The highest BCUT2D eigenvalue weighted by Gasteiger charge is 2.18. The lowest BCUT2D eigenvalue weighted by Crippen LogP contribution is -2.43. The summed E-state index contributed by atoms with van der Waals surface area (Å²) in [4.78, 5) is 6.70. The molecule has 1 fully saturated rings. The Bertz CT molecular complexity index is 1340. The number of rotatable bonds is 6. The summed E-state index contributed by atoms with van der Waals surface area (Å²) >= 11 is 0. The second kappa shape index (κ2) is 10.3. The zero-order valence-corrected chi connectivity index (χ0v) is 20.0. The average molecular weight is 487 g/mol. The van der Waals surface area contributed by atoms with Crippen LogP contribution in [0.15, 0.2) is 79.0 Å². The molecule has 3 aromatic carbocycles. The number of ether oxygens (including phenoxy) is 1. The predicted molar refractivity (Wildman–Crippen MR) is 140 cm³/mol. The van der Waals surface area contributed by atoms with Crippen LogP contribution in [0.3, 0.4) is 0 Å². The van der Waals surface area contributed by atoms with Crippen LogP contribution < -0.4 is 20.7 Å². The van der Waals surface area contributed by atoms with Gasteiger partial charge < -0.3 is 20.7 Å². The second-order valence-corrected chi connectivity index (χ2v) is 8.89. The van der Waals surface area contributed by atoms with Crippen LogP contribution in [0.25, 0.3) is 22.3 Å². The first kappa shape index (κ1) is 23.8. The molecule has 2 heterocycles. The second-order valence-electron chi connectivity index (χ2n) is 8.89. The lowest BCUT2D eigenvalue weighted by atomic mass is 9.96. The number of halogens is 2. The van der Waals surface area contributed by atoms with Gasteiger partial charge in [0, 0.05) is 49.2 Å². The number of benzene rings is 3. The molecule has 0 saturated carbocycles. The number of piperazine rings is 1. The van der Waals surface area contributed by atoms with Gasteiger partial charge in [0.25, 0.3) is 0 Å². The van der Waals surface area contributed by atoms with Gasteiger partial charge in [0.15, 0.2) is 11.6 Å². The topological polar surface area (TPSA) is 63.4 Å². The van der Waals surface area contributed by atoms with Gasteiger partial charge in [-0.1, -0.05) is 30.3 Å². The molecule has 1 saturated heterocycles. The summed E-state index contributed by atoms with van der Waals surface area (Å²) in [6, 6.07) is 20.8. The smallest absolute Gasteiger partial charge is 0.166 e. The number of nitrogens with zero attached hydrogens (tertiary/aromatic N) is 2. The van der Waals surface area contributed by atoms with Crippen molar-refractivity contribution < 1.29 is 13.5 Å². The van der Waals surface area contributed by atoms with Crippen molar-refractivity contribution in [3.05, 3.63) is 96.2 Å². The lowest BCUT2D eigenvalue weighted by molar-refractivity contribution is 0.228. The molecule has 4 aromatic rings. The summed E-state index contributed by atoms with van der Waals surface area (Å²) in [5, 5.41) is 3.37. The quantitative estimate of drug-likeness (QED) is 0.359. The van der Waals surface area contributed by atoms with Crippen molar-refractivity contribution >= 4 is 11.5 Å². The first-order chi connectivity index (χ1) is 17.5. The normalized spacial score (nSPS) is 14.5. The Morgan fingerprint density at radius 2 is 1.53 bits per heavy atom. The van der Waals surface area contributed by atoms with Crippen molar-refractivity contribution in [2.24, 2.45) is 0 Å². The molecule has 0 aliphatic carbocycles. The van der Waals surface area contributed by atoms with E-state index in [1.165, 1.54) is 30.0 Å². The molecule has 5 nitrogen and oxygen atoms in total. The van der Waals surface area contributed by atoms with E-state index in [2.05, 4.69) is 39.5 Å². The van der Waals surface area contributed by atoms with Gasteiger partial charge in [-0.05, 0) is 66.1 Å². The van der Waals surface area contributed by atoms with E-state index >= 15 is 0 Å². The third-order valence-corrected chi connectivity index (χ3v) is 6.48. The number of anilines is 2. The van der Waals surface area contributed by atoms with E-state index in [1.54, 1.807) is 24.4 Å². The van der Waals surface area contributed by atoms with E-state index in [-0.39, 0.29) is 17.5 Å². The third-order valence-electron chi connectivity index (χ3n) is 6.48. The highest BCUT2D eigenvalue weighted by atomic mass is 19.1. The molecule has 3 N–H and O–H groups in total. The predicted octanol–water partition coefficient (Wildman–Crippen LogP) is 5.83. The Kier molecular flexibility index (Phi) is 6.82. The van der Waals surface area contributed by atoms with E-state index < -0.39 is 6.10 Å². The van der Waals surface area contributed by atoms with E-state index in [1.807, 2.05) is 13.0 Å². The molecule has 1 aromatic heterocycles. The molecule has 5 rings (SSSR count). The van der Waals surface area contributed by atoms with Gasteiger partial charge >= 0.3 is 0 Å². The minimum atomic E-state index is -0.532. The molecular weight excluding hydrogens is 458 g/mol. The number of nitrogens with one attached hydrogen (secondary N) is 1. The van der Waals surface area contributed by atoms with Gasteiger partial charge in [0.05, 0.1) is 0 Å². The maximum Gasteiger partial charge on any atom is 0.166 e. The van der Waals surface area contributed by atoms with Crippen molar-refractivity contribution in [3.8, 4) is 28.0 Å². The fourth-order valence-electron chi connectivity index (χ4n) is 4.51. The van der Waals surface area contributed by atoms with E-state index in [4.69, 9.17) is 10.5 Å². The molecule has 0 radical (unpaired) electrons. The summed E-state index contributed by atoms with van der Waals surface area (Å²) in [5.74, 6) is -0.0395. The zero-order chi connectivity index (χ0) is 25.1. The van der Waals surface area contributed by atoms with E-state index in [9.17, 15) is 8.78 Å². The molecule has 0 amide bonds. The highest BCUT2D eigenvalue weighted by Crippen LogP contribution is 2.35. The SMILES string of the molecule is C[C@@H](Oc1cc(-c2ccc(N3CCNCC3)cc2)cnc1N)c1cc(F)ccc1-c1ccc(F)cc1. The molecule has 0 spiro atoms. The maximum atomic E-state index is 14.2. The van der Waals surface area contributed by atoms with Crippen molar-refractivity contribution in [1.29, 1.82) is 0 Å². The Hall–Kier alpha value is -3.97. The van der Waals surface area contributed by atoms with E-state index in [0.29, 0.717) is 11.3 Å². The minimum Gasteiger partial charge on any atom is -0.482 e. The fraction of sp³-hybridized carbons (Fsp3) is 0.207. The Balaban J connectivity index is 1.40.